The van der Waals surface area contributed by atoms with Gasteiger partial charge in [0, 0.05) is 49.2 Å². The molecule has 0 saturated carbocycles. The second kappa shape index (κ2) is 17.3. The molecule has 2 aliphatic heterocycles. The molecule has 2 unspecified atom stereocenters. The normalized spacial score (nSPS) is 17.0. The SMILES string of the molecule is CCCCC(=O)NCCCCCC(=O)NCc1ccc(COc2cc(C)nc(N)n2)cc1.O=C1NC2CSCC2N1. The number of benzene rings is 1. The van der Waals surface area contributed by atoms with E-state index in [1.54, 1.807) is 6.07 Å². The number of nitrogens with two attached hydrogens (primary N) is 1. The summed E-state index contributed by atoms with van der Waals surface area (Å²) in [5.41, 5.74) is 8.41. The summed E-state index contributed by atoms with van der Waals surface area (Å²) in [6.07, 6.45) is 5.70. The van der Waals surface area contributed by atoms with Gasteiger partial charge in [0.05, 0.1) is 12.1 Å². The summed E-state index contributed by atoms with van der Waals surface area (Å²) < 4.78 is 5.67. The lowest BCUT2D eigenvalue weighted by Crippen LogP contribution is -2.31. The van der Waals surface area contributed by atoms with Crippen LogP contribution in [0.25, 0.3) is 0 Å². The summed E-state index contributed by atoms with van der Waals surface area (Å²) in [6.45, 7) is 5.47. The smallest absolute Gasteiger partial charge is 0.315 e. The molecule has 2 atom stereocenters. The molecule has 2 fully saturated rings. The Hall–Kier alpha value is -3.54. The highest BCUT2D eigenvalue weighted by atomic mass is 32.2. The molecule has 0 bridgehead atoms. The number of urea groups is 1. The number of aromatic nitrogens is 2. The van der Waals surface area contributed by atoms with E-state index in [1.807, 2.05) is 43.0 Å². The minimum Gasteiger partial charge on any atom is -0.473 e. The van der Waals surface area contributed by atoms with Crippen molar-refractivity contribution in [1.82, 2.24) is 31.2 Å². The molecule has 12 heteroatoms. The Balaban J connectivity index is 0.000000428. The van der Waals surface area contributed by atoms with Crippen LogP contribution in [0.2, 0.25) is 0 Å². The number of rotatable bonds is 14. The number of hydrogen-bond donors (Lipinski definition) is 5. The van der Waals surface area contributed by atoms with Crippen LogP contribution in [-0.2, 0) is 22.7 Å². The zero-order chi connectivity index (χ0) is 29.5. The summed E-state index contributed by atoms with van der Waals surface area (Å²) in [4.78, 5) is 42.2. The Labute approximate surface area is 246 Å². The highest BCUT2D eigenvalue weighted by molar-refractivity contribution is 7.99. The summed E-state index contributed by atoms with van der Waals surface area (Å²) in [5, 5.41) is 11.6. The van der Waals surface area contributed by atoms with E-state index < -0.39 is 0 Å². The van der Waals surface area contributed by atoms with Crippen LogP contribution in [0.5, 0.6) is 5.88 Å². The fourth-order valence-corrected chi connectivity index (χ4v) is 5.57. The number of fused-ring (bicyclic) bond motifs is 1. The number of unbranched alkanes of at least 4 members (excludes halogenated alkanes) is 3. The van der Waals surface area contributed by atoms with Crippen molar-refractivity contribution in [2.75, 3.05) is 23.8 Å². The summed E-state index contributed by atoms with van der Waals surface area (Å²) in [5.74, 6) is 2.95. The molecule has 1 aromatic carbocycles. The fourth-order valence-electron chi connectivity index (χ4n) is 4.29. The van der Waals surface area contributed by atoms with Gasteiger partial charge in [0.25, 0.3) is 0 Å². The summed E-state index contributed by atoms with van der Waals surface area (Å²) >= 11 is 1.89. The van der Waals surface area contributed by atoms with Crippen molar-refractivity contribution in [2.24, 2.45) is 0 Å². The van der Waals surface area contributed by atoms with Gasteiger partial charge in [-0.15, -0.1) is 0 Å². The number of nitrogens with one attached hydrogen (secondary N) is 4. The molecule has 224 valence electrons. The lowest BCUT2D eigenvalue weighted by molar-refractivity contribution is -0.122. The quantitative estimate of drug-likeness (QED) is 0.167. The number of anilines is 1. The Bertz CT molecular complexity index is 1100. The number of nitrogen functional groups attached to an aromatic ring is 1. The van der Waals surface area contributed by atoms with Crippen molar-refractivity contribution < 1.29 is 19.1 Å². The molecule has 1 aromatic heterocycles. The van der Waals surface area contributed by atoms with Gasteiger partial charge in [-0.25, -0.2) is 9.78 Å². The second-order valence-electron chi connectivity index (χ2n) is 10.2. The number of ether oxygens (including phenoxy) is 1. The van der Waals surface area contributed by atoms with Gasteiger partial charge >= 0.3 is 6.03 Å². The number of amides is 4. The molecule has 0 aliphatic carbocycles. The zero-order valence-electron chi connectivity index (χ0n) is 24.0. The average Bonchev–Trinajstić information content (AvgIpc) is 3.53. The molecule has 11 nitrogen and oxygen atoms in total. The predicted octanol–water partition coefficient (Wildman–Crippen LogP) is 3.21. The fraction of sp³-hybridized carbons (Fsp3) is 0.552. The van der Waals surface area contributed by atoms with E-state index in [0.29, 0.717) is 50.5 Å². The minimum atomic E-state index is 0.00491. The number of carbonyl (C=O) groups is 3. The van der Waals surface area contributed by atoms with Gasteiger partial charge in [-0.3, -0.25) is 9.59 Å². The van der Waals surface area contributed by atoms with E-state index in [2.05, 4.69) is 38.2 Å². The maximum Gasteiger partial charge on any atom is 0.315 e. The van der Waals surface area contributed by atoms with E-state index in [4.69, 9.17) is 10.5 Å². The third kappa shape index (κ3) is 12.2. The Morgan fingerprint density at radius 1 is 0.976 bits per heavy atom. The van der Waals surface area contributed by atoms with Crippen LogP contribution in [0.3, 0.4) is 0 Å². The Kier molecular flexibility index (Phi) is 13.5. The van der Waals surface area contributed by atoms with Crippen molar-refractivity contribution in [2.45, 2.75) is 84.0 Å². The van der Waals surface area contributed by atoms with Crippen LogP contribution in [0.4, 0.5) is 10.7 Å². The van der Waals surface area contributed by atoms with Gasteiger partial charge in [0.2, 0.25) is 23.6 Å². The van der Waals surface area contributed by atoms with E-state index in [0.717, 1.165) is 60.4 Å². The zero-order valence-corrected chi connectivity index (χ0v) is 24.9. The van der Waals surface area contributed by atoms with E-state index in [1.165, 1.54) is 0 Å². The highest BCUT2D eigenvalue weighted by Crippen LogP contribution is 2.20. The number of carbonyl (C=O) groups excluding carboxylic acids is 3. The average molecular weight is 586 g/mol. The lowest BCUT2D eigenvalue weighted by Gasteiger charge is -2.09. The molecule has 2 aliphatic rings. The molecule has 41 heavy (non-hydrogen) atoms. The van der Waals surface area contributed by atoms with Crippen molar-refractivity contribution in [3.63, 3.8) is 0 Å². The largest absolute Gasteiger partial charge is 0.473 e. The van der Waals surface area contributed by atoms with Crippen LogP contribution >= 0.6 is 11.8 Å². The molecule has 0 radical (unpaired) electrons. The van der Waals surface area contributed by atoms with Crippen LogP contribution in [0.15, 0.2) is 30.3 Å². The van der Waals surface area contributed by atoms with Crippen LogP contribution < -0.4 is 31.7 Å². The highest BCUT2D eigenvalue weighted by Gasteiger charge is 2.35. The number of hydrogen-bond acceptors (Lipinski definition) is 8. The van der Waals surface area contributed by atoms with Crippen LogP contribution in [0.1, 0.15) is 68.7 Å². The number of nitrogens with zero attached hydrogens (tertiary/aromatic N) is 2. The Morgan fingerprint density at radius 3 is 2.32 bits per heavy atom. The molecule has 2 saturated heterocycles. The summed E-state index contributed by atoms with van der Waals surface area (Å²) in [6, 6.07) is 10.4. The molecular formula is C29H43N7O4S. The van der Waals surface area contributed by atoms with Gasteiger partial charge in [0.1, 0.15) is 6.61 Å². The maximum atomic E-state index is 12.0. The third-order valence-corrected chi connectivity index (χ3v) is 7.81. The topological polar surface area (TPSA) is 160 Å². The van der Waals surface area contributed by atoms with E-state index in [9.17, 15) is 14.4 Å². The van der Waals surface area contributed by atoms with Gasteiger partial charge < -0.3 is 31.7 Å². The van der Waals surface area contributed by atoms with Gasteiger partial charge in [-0.05, 0) is 37.3 Å². The third-order valence-electron chi connectivity index (χ3n) is 6.62. The molecule has 6 N–H and O–H groups in total. The monoisotopic (exact) mass is 585 g/mol. The standard InChI is InChI=1S/C24H35N5O3.C5H8N2OS/c1-3-4-8-21(30)26-14-7-5-6-9-22(31)27-16-19-10-12-20(13-11-19)17-32-23-15-18(2)28-24(25)29-23;8-5-6-3-1-9-2-4(3)7-5/h10-13,15H,3-9,14,16-17H2,1-2H3,(H,26,30)(H,27,31)(H2,25,28,29);3-4H,1-2H2,(H2,6,7,8). The van der Waals surface area contributed by atoms with E-state index >= 15 is 0 Å². The van der Waals surface area contributed by atoms with Gasteiger partial charge in [0.15, 0.2) is 0 Å². The predicted molar refractivity (Wildman–Crippen MR) is 161 cm³/mol. The number of thioether (sulfide) groups is 1. The van der Waals surface area contributed by atoms with Crippen molar-refractivity contribution in [1.29, 1.82) is 0 Å². The minimum absolute atomic E-state index is 0.00491. The van der Waals surface area contributed by atoms with Crippen LogP contribution in [-0.4, -0.2) is 57.9 Å². The first-order chi connectivity index (χ1) is 19.8. The molecule has 2 aromatic rings. The molecular weight excluding hydrogens is 542 g/mol. The first kappa shape index (κ1) is 32.0. The van der Waals surface area contributed by atoms with Crippen molar-refractivity contribution in [3.05, 3.63) is 47.2 Å². The summed E-state index contributed by atoms with van der Waals surface area (Å²) in [7, 11) is 0. The van der Waals surface area contributed by atoms with Crippen molar-refractivity contribution >= 4 is 35.6 Å². The second-order valence-corrected chi connectivity index (χ2v) is 11.3. The Morgan fingerprint density at radius 2 is 1.63 bits per heavy atom. The van der Waals surface area contributed by atoms with Crippen LogP contribution in [0, 0.1) is 6.92 Å². The van der Waals surface area contributed by atoms with Crippen molar-refractivity contribution in [3.8, 4) is 5.88 Å². The first-order valence-electron chi connectivity index (χ1n) is 14.3. The first-order valence-corrected chi connectivity index (χ1v) is 15.5. The van der Waals surface area contributed by atoms with Gasteiger partial charge in [-0.2, -0.15) is 16.7 Å². The maximum absolute atomic E-state index is 12.0. The molecule has 4 amide bonds. The molecule has 0 spiro atoms. The number of aryl methyl sites for hydroxylation is 1. The molecule has 4 rings (SSSR count). The van der Waals surface area contributed by atoms with Gasteiger partial charge in [-0.1, -0.05) is 44.0 Å². The van der Waals surface area contributed by atoms with E-state index in [-0.39, 0.29) is 23.8 Å². The lowest BCUT2D eigenvalue weighted by atomic mass is 10.1. The molecule has 3 heterocycles.